The van der Waals surface area contributed by atoms with Crippen LogP contribution < -0.4 is 0 Å². The van der Waals surface area contributed by atoms with E-state index in [0.29, 0.717) is 0 Å². The first kappa shape index (κ1) is 8.63. The molecule has 1 aliphatic heterocycles. The van der Waals surface area contributed by atoms with Crippen molar-refractivity contribution in [2.75, 3.05) is 13.1 Å². The second-order valence-corrected chi connectivity index (χ2v) is 3.33. The first-order valence-electron chi connectivity index (χ1n) is 4.76. The molecule has 0 radical (unpaired) electrons. The monoisotopic (exact) mass is 153 g/mol. The van der Waals surface area contributed by atoms with Crippen LogP contribution in [0.25, 0.3) is 0 Å². The molecule has 0 aliphatic carbocycles. The second-order valence-electron chi connectivity index (χ2n) is 3.33. The second kappa shape index (κ2) is 4.42. The summed E-state index contributed by atoms with van der Waals surface area (Å²) >= 11 is 0. The molecule has 0 bridgehead atoms. The molecule has 0 N–H and O–H groups in total. The van der Waals surface area contributed by atoms with E-state index in [9.17, 15) is 0 Å². The van der Waals surface area contributed by atoms with Gasteiger partial charge in [-0.05, 0) is 26.2 Å². The van der Waals surface area contributed by atoms with Crippen molar-refractivity contribution < 1.29 is 0 Å². The molecule has 1 heterocycles. The number of allylic oxidation sites excluding steroid dienone is 2. The summed E-state index contributed by atoms with van der Waals surface area (Å²) in [6.07, 6.45) is 7.65. The molecule has 0 atom stereocenters. The van der Waals surface area contributed by atoms with E-state index in [2.05, 4.69) is 24.8 Å². The van der Waals surface area contributed by atoms with Crippen molar-refractivity contribution in [1.82, 2.24) is 4.90 Å². The van der Waals surface area contributed by atoms with Crippen molar-refractivity contribution in [2.24, 2.45) is 0 Å². The lowest BCUT2D eigenvalue weighted by atomic mass is 10.3. The summed E-state index contributed by atoms with van der Waals surface area (Å²) in [5.74, 6) is 0. The molecule has 64 valence electrons. The zero-order chi connectivity index (χ0) is 8.10. The van der Waals surface area contributed by atoms with Gasteiger partial charge in [-0.15, -0.1) is 0 Å². The fraction of sp³-hybridized carbons (Fsp3) is 0.800. The summed E-state index contributed by atoms with van der Waals surface area (Å²) < 4.78 is 0. The zero-order valence-corrected chi connectivity index (χ0v) is 7.77. The van der Waals surface area contributed by atoms with Gasteiger partial charge in [0.1, 0.15) is 0 Å². The van der Waals surface area contributed by atoms with Crippen LogP contribution >= 0.6 is 0 Å². The highest BCUT2D eigenvalue weighted by Gasteiger charge is 2.10. The van der Waals surface area contributed by atoms with Gasteiger partial charge in [0.15, 0.2) is 0 Å². The van der Waals surface area contributed by atoms with Crippen LogP contribution in [0.4, 0.5) is 0 Å². The van der Waals surface area contributed by atoms with Crippen LogP contribution in [0.3, 0.4) is 0 Å². The number of hydrogen-bond acceptors (Lipinski definition) is 1. The summed E-state index contributed by atoms with van der Waals surface area (Å²) in [6.45, 7) is 7.03. The van der Waals surface area contributed by atoms with E-state index < -0.39 is 0 Å². The molecule has 0 unspecified atom stereocenters. The summed E-state index contributed by atoms with van der Waals surface area (Å²) in [5.41, 5.74) is 1.49. The van der Waals surface area contributed by atoms with E-state index in [1.807, 2.05) is 0 Å². The maximum atomic E-state index is 2.50. The van der Waals surface area contributed by atoms with Crippen LogP contribution in [0.2, 0.25) is 0 Å². The van der Waals surface area contributed by atoms with Gasteiger partial charge in [0.25, 0.3) is 0 Å². The van der Waals surface area contributed by atoms with Gasteiger partial charge in [0, 0.05) is 18.8 Å². The molecule has 1 saturated heterocycles. The predicted molar refractivity (Wildman–Crippen MR) is 49.5 cm³/mol. The summed E-state index contributed by atoms with van der Waals surface area (Å²) in [4.78, 5) is 2.50. The molecule has 0 saturated carbocycles. The van der Waals surface area contributed by atoms with Crippen LogP contribution in [0, 0.1) is 0 Å². The molecule has 1 nitrogen and oxygen atoms in total. The van der Waals surface area contributed by atoms with Crippen LogP contribution in [-0.4, -0.2) is 18.0 Å². The number of likely N-dealkylation sites (tertiary alicyclic amines) is 1. The van der Waals surface area contributed by atoms with Crippen molar-refractivity contribution in [3.05, 3.63) is 11.8 Å². The van der Waals surface area contributed by atoms with Gasteiger partial charge in [0.05, 0.1) is 0 Å². The molecule has 11 heavy (non-hydrogen) atoms. The van der Waals surface area contributed by atoms with E-state index in [4.69, 9.17) is 0 Å². The number of unbranched alkanes of at least 4 members (excludes halogenated alkanes) is 1. The van der Waals surface area contributed by atoms with Gasteiger partial charge < -0.3 is 4.90 Å². The third-order valence-electron chi connectivity index (χ3n) is 2.33. The SMILES string of the molecule is CCC/C=C(\C)N1CCCC1. The Bertz CT molecular complexity index is 132. The van der Waals surface area contributed by atoms with Crippen LogP contribution in [0.5, 0.6) is 0 Å². The number of rotatable bonds is 3. The van der Waals surface area contributed by atoms with E-state index in [0.717, 1.165) is 0 Å². The maximum Gasteiger partial charge on any atom is 0.0175 e. The number of nitrogens with zero attached hydrogens (tertiary/aromatic N) is 1. The van der Waals surface area contributed by atoms with Crippen molar-refractivity contribution >= 4 is 0 Å². The van der Waals surface area contributed by atoms with Gasteiger partial charge in [-0.3, -0.25) is 0 Å². The van der Waals surface area contributed by atoms with Gasteiger partial charge in [-0.2, -0.15) is 0 Å². The van der Waals surface area contributed by atoms with Crippen LogP contribution in [0.15, 0.2) is 11.8 Å². The number of hydrogen-bond donors (Lipinski definition) is 0. The summed E-state index contributed by atoms with van der Waals surface area (Å²) in [5, 5.41) is 0. The minimum absolute atomic E-state index is 1.24. The Morgan fingerprint density at radius 2 is 2.00 bits per heavy atom. The Kier molecular flexibility index (Phi) is 3.47. The smallest absolute Gasteiger partial charge is 0.0175 e. The Morgan fingerprint density at radius 3 is 2.55 bits per heavy atom. The summed E-state index contributed by atoms with van der Waals surface area (Å²) in [6, 6.07) is 0. The lowest BCUT2D eigenvalue weighted by Gasteiger charge is -2.17. The average molecular weight is 153 g/mol. The first-order chi connectivity index (χ1) is 5.34. The fourth-order valence-corrected chi connectivity index (χ4v) is 1.55. The minimum atomic E-state index is 1.24. The molecule has 0 aromatic heterocycles. The van der Waals surface area contributed by atoms with Crippen molar-refractivity contribution in [1.29, 1.82) is 0 Å². The Labute approximate surface area is 70.1 Å². The lowest BCUT2D eigenvalue weighted by molar-refractivity contribution is 0.425. The Hall–Kier alpha value is -0.460. The molecule has 0 aromatic rings. The minimum Gasteiger partial charge on any atom is -0.375 e. The molecule has 0 aromatic carbocycles. The quantitative estimate of drug-likeness (QED) is 0.602. The average Bonchev–Trinajstić information content (AvgIpc) is 2.52. The van der Waals surface area contributed by atoms with E-state index in [1.165, 1.54) is 44.5 Å². The molecule has 1 heteroatoms. The van der Waals surface area contributed by atoms with Crippen molar-refractivity contribution in [3.63, 3.8) is 0 Å². The molecule has 1 rings (SSSR count). The van der Waals surface area contributed by atoms with Crippen molar-refractivity contribution in [2.45, 2.75) is 39.5 Å². The zero-order valence-electron chi connectivity index (χ0n) is 7.77. The molecule has 1 aliphatic rings. The highest BCUT2D eigenvalue weighted by atomic mass is 15.1. The van der Waals surface area contributed by atoms with E-state index >= 15 is 0 Å². The lowest BCUT2D eigenvalue weighted by Crippen LogP contribution is -2.16. The standard InChI is InChI=1S/C10H19N/c1-3-4-7-10(2)11-8-5-6-9-11/h7H,3-6,8-9H2,1-2H3/b10-7+. The first-order valence-corrected chi connectivity index (χ1v) is 4.76. The predicted octanol–water partition coefficient (Wildman–Crippen LogP) is 2.79. The molecular formula is C10H19N. The van der Waals surface area contributed by atoms with E-state index in [1.54, 1.807) is 0 Å². The summed E-state index contributed by atoms with van der Waals surface area (Å²) in [7, 11) is 0. The topological polar surface area (TPSA) is 3.24 Å². The van der Waals surface area contributed by atoms with Gasteiger partial charge in [-0.25, -0.2) is 0 Å². The normalized spacial score (nSPS) is 19.5. The third kappa shape index (κ3) is 2.57. The Balaban J connectivity index is 2.32. The highest BCUT2D eigenvalue weighted by Crippen LogP contribution is 2.14. The highest BCUT2D eigenvalue weighted by molar-refractivity contribution is 4.98. The van der Waals surface area contributed by atoms with Crippen LogP contribution in [-0.2, 0) is 0 Å². The largest absolute Gasteiger partial charge is 0.375 e. The fourth-order valence-electron chi connectivity index (χ4n) is 1.55. The maximum absolute atomic E-state index is 2.50. The molecule has 0 amide bonds. The van der Waals surface area contributed by atoms with E-state index in [-0.39, 0.29) is 0 Å². The van der Waals surface area contributed by atoms with Crippen LogP contribution in [0.1, 0.15) is 39.5 Å². The molecule has 0 spiro atoms. The van der Waals surface area contributed by atoms with Crippen molar-refractivity contribution in [3.8, 4) is 0 Å². The Morgan fingerprint density at radius 1 is 1.36 bits per heavy atom. The molecule has 1 fully saturated rings. The van der Waals surface area contributed by atoms with Gasteiger partial charge in [0.2, 0.25) is 0 Å². The molecular weight excluding hydrogens is 134 g/mol. The van der Waals surface area contributed by atoms with Gasteiger partial charge in [-0.1, -0.05) is 19.4 Å². The third-order valence-corrected chi connectivity index (χ3v) is 2.33. The van der Waals surface area contributed by atoms with Gasteiger partial charge >= 0.3 is 0 Å².